The van der Waals surface area contributed by atoms with Crippen LogP contribution in [0, 0.1) is 3.57 Å². The van der Waals surface area contributed by atoms with Gasteiger partial charge in [-0.05, 0) is 53.3 Å². The van der Waals surface area contributed by atoms with E-state index in [0.717, 1.165) is 17.0 Å². The number of pyridine rings is 1. The Hall–Kier alpha value is -2.70. The standard InChI is InChI=1S/C19H16F3IN2O5/c1-2-30-16(27)8-15(26)25(17-14(18(28)29)7-13(23)9-24-17)10-11-3-5-12(6-4-11)19(20,21)22/h3-7,9H,2,8,10H2,1H3,(H,28,29). The smallest absolute Gasteiger partial charge is 0.416 e. The number of carboxylic acids is 1. The number of carbonyl (C=O) groups excluding carboxylic acids is 2. The molecule has 1 aromatic carbocycles. The van der Waals surface area contributed by atoms with Gasteiger partial charge in [0.2, 0.25) is 5.91 Å². The first-order chi connectivity index (χ1) is 14.0. The van der Waals surface area contributed by atoms with Crippen molar-refractivity contribution in [3.63, 3.8) is 0 Å². The Balaban J connectivity index is 2.43. The highest BCUT2D eigenvalue weighted by molar-refractivity contribution is 14.1. The third-order valence-corrected chi connectivity index (χ3v) is 4.43. The Kier molecular flexibility index (Phi) is 7.76. The molecule has 0 saturated heterocycles. The van der Waals surface area contributed by atoms with Crippen molar-refractivity contribution in [2.45, 2.75) is 26.1 Å². The molecule has 7 nitrogen and oxygen atoms in total. The number of esters is 1. The number of alkyl halides is 3. The van der Waals surface area contributed by atoms with Crippen LogP contribution in [0.15, 0.2) is 36.5 Å². The van der Waals surface area contributed by atoms with Gasteiger partial charge in [-0.25, -0.2) is 9.78 Å². The van der Waals surface area contributed by atoms with Crippen LogP contribution >= 0.6 is 22.6 Å². The van der Waals surface area contributed by atoms with Crippen LogP contribution in [0.4, 0.5) is 19.0 Å². The van der Waals surface area contributed by atoms with Gasteiger partial charge in [-0.2, -0.15) is 13.2 Å². The Morgan fingerprint density at radius 3 is 2.37 bits per heavy atom. The maximum absolute atomic E-state index is 12.8. The second kappa shape index (κ2) is 9.87. The lowest BCUT2D eigenvalue weighted by Gasteiger charge is -2.23. The molecule has 0 bridgehead atoms. The van der Waals surface area contributed by atoms with Crippen molar-refractivity contribution in [1.29, 1.82) is 0 Å². The van der Waals surface area contributed by atoms with E-state index in [0.29, 0.717) is 3.57 Å². The van der Waals surface area contributed by atoms with E-state index < -0.39 is 36.0 Å². The number of rotatable bonds is 7. The first kappa shape index (κ1) is 23.6. The summed E-state index contributed by atoms with van der Waals surface area (Å²) in [6.45, 7) is 1.32. The molecule has 1 amide bonds. The van der Waals surface area contributed by atoms with Gasteiger partial charge in [-0.15, -0.1) is 0 Å². The monoisotopic (exact) mass is 536 g/mol. The van der Waals surface area contributed by atoms with E-state index in [2.05, 4.69) is 4.98 Å². The second-order valence-electron chi connectivity index (χ2n) is 5.99. The number of ether oxygens (including phenoxy) is 1. The van der Waals surface area contributed by atoms with Crippen molar-refractivity contribution in [1.82, 2.24) is 4.98 Å². The van der Waals surface area contributed by atoms with Crippen molar-refractivity contribution in [3.05, 3.63) is 56.8 Å². The number of aromatic nitrogens is 1. The molecular weight excluding hydrogens is 520 g/mol. The quantitative estimate of drug-likeness (QED) is 0.328. The molecule has 1 heterocycles. The zero-order valence-electron chi connectivity index (χ0n) is 15.6. The fourth-order valence-electron chi connectivity index (χ4n) is 2.50. The van der Waals surface area contributed by atoms with Gasteiger partial charge in [0, 0.05) is 9.77 Å². The van der Waals surface area contributed by atoms with Crippen molar-refractivity contribution >= 4 is 46.3 Å². The molecule has 0 fully saturated rings. The molecule has 30 heavy (non-hydrogen) atoms. The molecule has 0 aliphatic rings. The molecule has 0 saturated carbocycles. The summed E-state index contributed by atoms with van der Waals surface area (Å²) >= 11 is 1.85. The lowest BCUT2D eigenvalue weighted by molar-refractivity contribution is -0.145. The van der Waals surface area contributed by atoms with Crippen LogP contribution in [0.2, 0.25) is 0 Å². The first-order valence-electron chi connectivity index (χ1n) is 8.54. The van der Waals surface area contributed by atoms with Crippen LogP contribution in [0.1, 0.15) is 34.8 Å². The number of aromatic carboxylic acids is 1. The van der Waals surface area contributed by atoms with Crippen molar-refractivity contribution in [2.75, 3.05) is 11.5 Å². The highest BCUT2D eigenvalue weighted by atomic mass is 127. The average molecular weight is 536 g/mol. The number of hydrogen-bond acceptors (Lipinski definition) is 5. The van der Waals surface area contributed by atoms with E-state index >= 15 is 0 Å². The summed E-state index contributed by atoms with van der Waals surface area (Å²) < 4.78 is 43.6. The number of benzene rings is 1. The highest BCUT2D eigenvalue weighted by Crippen LogP contribution is 2.30. The lowest BCUT2D eigenvalue weighted by atomic mass is 10.1. The molecule has 0 aliphatic heterocycles. The Morgan fingerprint density at radius 2 is 1.83 bits per heavy atom. The summed E-state index contributed by atoms with van der Waals surface area (Å²) in [4.78, 5) is 41.1. The summed E-state index contributed by atoms with van der Waals surface area (Å²) in [5.74, 6) is -3.19. The van der Waals surface area contributed by atoms with Crippen LogP contribution in [0.3, 0.4) is 0 Å². The molecule has 2 aromatic rings. The van der Waals surface area contributed by atoms with E-state index in [1.165, 1.54) is 24.4 Å². The topological polar surface area (TPSA) is 96.8 Å². The van der Waals surface area contributed by atoms with Gasteiger partial charge < -0.3 is 9.84 Å². The normalized spacial score (nSPS) is 11.1. The van der Waals surface area contributed by atoms with Crippen molar-refractivity contribution in [2.24, 2.45) is 0 Å². The maximum atomic E-state index is 12.8. The summed E-state index contributed by atoms with van der Waals surface area (Å²) in [6.07, 6.45) is -3.87. The third-order valence-electron chi connectivity index (χ3n) is 3.84. The number of halogens is 4. The predicted molar refractivity (Wildman–Crippen MR) is 108 cm³/mol. The van der Waals surface area contributed by atoms with E-state index in [4.69, 9.17) is 4.74 Å². The second-order valence-corrected chi connectivity index (χ2v) is 7.23. The number of carbonyl (C=O) groups is 3. The molecule has 1 N–H and O–H groups in total. The van der Waals surface area contributed by atoms with Gasteiger partial charge in [0.1, 0.15) is 17.8 Å². The number of anilines is 1. The van der Waals surface area contributed by atoms with Gasteiger partial charge >= 0.3 is 18.1 Å². The van der Waals surface area contributed by atoms with Gasteiger partial charge in [-0.1, -0.05) is 12.1 Å². The summed E-state index contributed by atoms with van der Waals surface area (Å²) in [5.41, 5.74) is -0.864. The van der Waals surface area contributed by atoms with Gasteiger partial charge in [0.25, 0.3) is 0 Å². The van der Waals surface area contributed by atoms with Crippen LogP contribution in [0.25, 0.3) is 0 Å². The summed E-state index contributed by atoms with van der Waals surface area (Å²) in [7, 11) is 0. The van der Waals surface area contributed by atoms with Crippen molar-refractivity contribution < 1.29 is 37.4 Å². The molecule has 0 atom stereocenters. The number of hydrogen-bond donors (Lipinski definition) is 1. The van der Waals surface area contributed by atoms with Crippen molar-refractivity contribution in [3.8, 4) is 0 Å². The minimum absolute atomic E-state index is 0.0488. The number of amides is 1. The third kappa shape index (κ3) is 6.15. The molecule has 0 radical (unpaired) electrons. The minimum atomic E-state index is -4.52. The summed E-state index contributed by atoms with van der Waals surface area (Å²) in [6, 6.07) is 5.33. The average Bonchev–Trinajstić information content (AvgIpc) is 2.66. The van der Waals surface area contributed by atoms with Crippen LogP contribution < -0.4 is 4.90 Å². The molecular formula is C19H16F3IN2O5. The molecule has 0 unspecified atom stereocenters. The largest absolute Gasteiger partial charge is 0.478 e. The number of nitrogens with zero attached hydrogens (tertiary/aromatic N) is 2. The first-order valence-corrected chi connectivity index (χ1v) is 9.61. The zero-order chi connectivity index (χ0) is 22.5. The van der Waals surface area contributed by atoms with Crippen LogP contribution in [0.5, 0.6) is 0 Å². The van der Waals surface area contributed by atoms with E-state index in [1.54, 1.807) is 6.92 Å². The molecule has 0 spiro atoms. The maximum Gasteiger partial charge on any atom is 0.416 e. The van der Waals surface area contributed by atoms with E-state index in [1.807, 2.05) is 22.6 Å². The van der Waals surface area contributed by atoms with Gasteiger partial charge in [0.05, 0.1) is 18.7 Å². The van der Waals surface area contributed by atoms with E-state index in [-0.39, 0.29) is 30.1 Å². The predicted octanol–water partition coefficient (Wildman–Crippen LogP) is 3.89. The SMILES string of the molecule is CCOC(=O)CC(=O)N(Cc1ccc(C(F)(F)F)cc1)c1ncc(I)cc1C(=O)O. The summed E-state index contributed by atoms with van der Waals surface area (Å²) in [5, 5.41) is 9.48. The molecule has 0 aliphatic carbocycles. The molecule has 11 heteroatoms. The lowest BCUT2D eigenvalue weighted by Crippen LogP contribution is -2.34. The Bertz CT molecular complexity index is 948. The Morgan fingerprint density at radius 1 is 1.20 bits per heavy atom. The minimum Gasteiger partial charge on any atom is -0.478 e. The number of carboxylic acid groups (broad SMARTS) is 1. The van der Waals surface area contributed by atoms with Gasteiger partial charge in [0.15, 0.2) is 0 Å². The molecule has 1 aromatic heterocycles. The fraction of sp³-hybridized carbons (Fsp3) is 0.263. The molecule has 2 rings (SSSR count). The highest BCUT2D eigenvalue weighted by Gasteiger charge is 2.30. The van der Waals surface area contributed by atoms with Crippen LogP contribution in [-0.4, -0.2) is 34.5 Å². The van der Waals surface area contributed by atoms with Gasteiger partial charge in [-0.3, -0.25) is 14.5 Å². The Labute approximate surface area is 183 Å². The van der Waals surface area contributed by atoms with E-state index in [9.17, 15) is 32.7 Å². The molecule has 160 valence electrons. The fourth-order valence-corrected chi connectivity index (χ4v) is 2.95. The zero-order valence-corrected chi connectivity index (χ0v) is 17.7. The van der Waals surface area contributed by atoms with Crippen LogP contribution in [-0.2, 0) is 27.0 Å².